The third kappa shape index (κ3) is 4.94. The molecule has 36 heavy (non-hydrogen) atoms. The number of rotatable bonds is 6. The molecule has 12 heteroatoms. The summed E-state index contributed by atoms with van der Waals surface area (Å²) in [6, 6.07) is 12.6. The van der Waals surface area contributed by atoms with Crippen LogP contribution in [-0.2, 0) is 19.1 Å². The summed E-state index contributed by atoms with van der Waals surface area (Å²) in [5.74, 6) is -1.83. The predicted octanol–water partition coefficient (Wildman–Crippen LogP) is 4.68. The third-order valence-corrected chi connectivity index (χ3v) is 7.89. The lowest BCUT2D eigenvalue weighted by Gasteiger charge is -2.15. The number of ether oxygens (including phenoxy) is 2. The number of carbonyl (C=O) groups excluding carboxylic acids is 4. The third-order valence-electron chi connectivity index (χ3n) is 5.02. The van der Waals surface area contributed by atoms with Crippen molar-refractivity contribution in [1.82, 2.24) is 0 Å². The Labute approximate surface area is 226 Å². The Morgan fingerprint density at radius 3 is 1.33 bits per heavy atom. The van der Waals surface area contributed by atoms with Crippen LogP contribution in [0.5, 0.6) is 0 Å². The molecular formula is C24H18N2O6S4. The molecule has 0 aromatic heterocycles. The van der Waals surface area contributed by atoms with Crippen LogP contribution < -0.4 is 9.80 Å². The number of benzene rings is 2. The van der Waals surface area contributed by atoms with E-state index in [1.54, 1.807) is 62.4 Å². The molecule has 2 fully saturated rings. The zero-order chi connectivity index (χ0) is 26.0. The van der Waals surface area contributed by atoms with Gasteiger partial charge in [0.2, 0.25) is 0 Å². The topological polar surface area (TPSA) is 93.2 Å². The van der Waals surface area contributed by atoms with Gasteiger partial charge in [-0.3, -0.25) is 19.4 Å². The van der Waals surface area contributed by atoms with Gasteiger partial charge < -0.3 is 9.47 Å². The lowest BCUT2D eigenvalue weighted by Crippen LogP contribution is -2.29. The van der Waals surface area contributed by atoms with E-state index in [-0.39, 0.29) is 31.7 Å². The maximum atomic E-state index is 13.3. The minimum absolute atomic E-state index is 0.178. The quantitative estimate of drug-likeness (QED) is 0.283. The summed E-state index contributed by atoms with van der Waals surface area (Å²) < 4.78 is 10.5. The maximum Gasteiger partial charge on any atom is 0.338 e. The molecule has 2 aromatic rings. The van der Waals surface area contributed by atoms with Crippen molar-refractivity contribution in [2.45, 2.75) is 13.8 Å². The van der Waals surface area contributed by atoms with Gasteiger partial charge in [-0.25, -0.2) is 9.59 Å². The average molecular weight is 559 g/mol. The van der Waals surface area contributed by atoms with Crippen LogP contribution in [0.2, 0.25) is 0 Å². The zero-order valence-corrected chi connectivity index (χ0v) is 22.3. The first-order chi connectivity index (χ1) is 17.3. The van der Waals surface area contributed by atoms with Crippen LogP contribution >= 0.6 is 48.0 Å². The van der Waals surface area contributed by atoms with Crippen LogP contribution in [0.3, 0.4) is 0 Å². The molecule has 2 amide bonds. The second kappa shape index (κ2) is 10.9. The van der Waals surface area contributed by atoms with E-state index in [4.69, 9.17) is 33.9 Å². The second-order valence-corrected chi connectivity index (χ2v) is 10.5. The second-order valence-electron chi connectivity index (χ2n) is 7.21. The molecule has 2 aliphatic heterocycles. The van der Waals surface area contributed by atoms with Crippen LogP contribution in [0.1, 0.15) is 34.6 Å². The normalized spacial score (nSPS) is 17.7. The summed E-state index contributed by atoms with van der Waals surface area (Å²) in [5.41, 5.74) is 1.62. The van der Waals surface area contributed by atoms with E-state index in [9.17, 15) is 19.2 Å². The van der Waals surface area contributed by atoms with Crippen LogP contribution in [0.25, 0.3) is 0 Å². The first-order valence-electron chi connectivity index (χ1n) is 10.7. The number of amides is 2. The standard InChI is InChI=1S/C24H18N2O6S4/c1-3-31-21(29)13-5-9-15(10-6-13)25-19(27)17(35-23(25)33)18-20(28)26(24(34)36-18)16-11-7-14(8-12-16)22(30)32-4-2/h5-12H,3-4H2,1-2H3/b18-17+. The highest BCUT2D eigenvalue weighted by Crippen LogP contribution is 2.44. The minimum atomic E-state index is -0.464. The number of anilines is 2. The van der Waals surface area contributed by atoms with Crippen LogP contribution in [0.15, 0.2) is 58.3 Å². The van der Waals surface area contributed by atoms with Crippen molar-refractivity contribution < 1.29 is 28.7 Å². The summed E-state index contributed by atoms with van der Waals surface area (Å²) in [7, 11) is 0. The highest BCUT2D eigenvalue weighted by Gasteiger charge is 2.43. The zero-order valence-electron chi connectivity index (χ0n) is 19.0. The Kier molecular flexibility index (Phi) is 7.88. The van der Waals surface area contributed by atoms with Gasteiger partial charge in [-0.15, -0.1) is 0 Å². The van der Waals surface area contributed by atoms with Crippen LogP contribution in [-0.4, -0.2) is 45.6 Å². The summed E-state index contributed by atoms with van der Waals surface area (Å²) in [5, 5.41) is 0. The van der Waals surface area contributed by atoms with Crippen molar-refractivity contribution >= 4 is 91.7 Å². The molecule has 184 valence electrons. The molecular weight excluding hydrogens is 541 g/mol. The molecule has 0 N–H and O–H groups in total. The molecule has 2 aromatic carbocycles. The van der Waals surface area contributed by atoms with Gasteiger partial charge in [0.05, 0.1) is 45.5 Å². The number of thioether (sulfide) groups is 2. The summed E-state index contributed by atoms with van der Waals surface area (Å²) in [6.45, 7) is 3.94. The van der Waals surface area contributed by atoms with Crippen molar-refractivity contribution in [2.24, 2.45) is 0 Å². The first-order valence-corrected chi connectivity index (χ1v) is 13.1. The average Bonchev–Trinajstić information content (AvgIpc) is 3.33. The van der Waals surface area contributed by atoms with E-state index in [2.05, 4.69) is 0 Å². The number of nitrogens with zero attached hydrogens (tertiary/aromatic N) is 2. The van der Waals surface area contributed by atoms with Gasteiger partial charge in [-0.2, -0.15) is 0 Å². The van der Waals surface area contributed by atoms with Gasteiger partial charge in [-0.05, 0) is 62.4 Å². The lowest BCUT2D eigenvalue weighted by atomic mass is 10.2. The van der Waals surface area contributed by atoms with Gasteiger partial charge in [-0.1, -0.05) is 48.0 Å². The Morgan fingerprint density at radius 1 is 0.694 bits per heavy atom. The fourth-order valence-electron chi connectivity index (χ4n) is 3.38. The molecule has 0 radical (unpaired) electrons. The van der Waals surface area contributed by atoms with Gasteiger partial charge in [0.15, 0.2) is 8.64 Å². The summed E-state index contributed by atoms with van der Waals surface area (Å²) >= 11 is 12.9. The van der Waals surface area contributed by atoms with Gasteiger partial charge >= 0.3 is 11.9 Å². The molecule has 2 aliphatic rings. The predicted molar refractivity (Wildman–Crippen MR) is 147 cm³/mol. The maximum absolute atomic E-state index is 13.3. The SMILES string of the molecule is CCOC(=O)c1ccc(N2C(=O)/C(=C3\SC(=S)N(c4ccc(C(=O)OCC)cc4)C3=O)SC2=S)cc1. The summed E-state index contributed by atoms with van der Waals surface area (Å²) in [6.07, 6.45) is 0. The highest BCUT2D eigenvalue weighted by atomic mass is 32.2. The molecule has 0 spiro atoms. The van der Waals surface area contributed by atoms with Crippen LogP contribution in [0, 0.1) is 0 Å². The van der Waals surface area contributed by atoms with E-state index in [0.29, 0.717) is 22.5 Å². The largest absolute Gasteiger partial charge is 0.462 e. The molecule has 2 saturated heterocycles. The first kappa shape index (κ1) is 26.0. The van der Waals surface area contributed by atoms with Gasteiger partial charge in [0.1, 0.15) is 0 Å². The van der Waals surface area contributed by atoms with E-state index in [1.807, 2.05) is 0 Å². The van der Waals surface area contributed by atoms with Crippen molar-refractivity contribution in [3.63, 3.8) is 0 Å². The molecule has 2 heterocycles. The Morgan fingerprint density at radius 2 is 1.03 bits per heavy atom. The molecule has 0 saturated carbocycles. The van der Waals surface area contributed by atoms with Crippen molar-refractivity contribution in [1.29, 1.82) is 0 Å². The summed E-state index contributed by atoms with van der Waals surface area (Å²) in [4.78, 5) is 53.4. The van der Waals surface area contributed by atoms with Gasteiger partial charge in [0, 0.05) is 0 Å². The number of hydrogen-bond acceptors (Lipinski definition) is 10. The number of esters is 2. The Bertz CT molecular complexity index is 1220. The van der Waals surface area contributed by atoms with E-state index in [0.717, 1.165) is 23.5 Å². The Hall–Kier alpha value is -3.06. The van der Waals surface area contributed by atoms with E-state index >= 15 is 0 Å². The number of thiocarbonyl (C=S) groups is 2. The van der Waals surface area contributed by atoms with Gasteiger partial charge in [0.25, 0.3) is 11.8 Å². The molecule has 0 bridgehead atoms. The van der Waals surface area contributed by atoms with Crippen LogP contribution in [0.4, 0.5) is 11.4 Å². The van der Waals surface area contributed by atoms with Crippen molar-refractivity contribution in [2.75, 3.05) is 23.0 Å². The fraction of sp³-hybridized carbons (Fsp3) is 0.167. The molecule has 4 rings (SSSR count). The number of hydrogen-bond donors (Lipinski definition) is 0. The lowest BCUT2D eigenvalue weighted by molar-refractivity contribution is -0.115. The van der Waals surface area contributed by atoms with E-state index < -0.39 is 23.8 Å². The fourth-order valence-corrected chi connectivity index (χ4v) is 6.13. The van der Waals surface area contributed by atoms with Crippen molar-refractivity contribution in [3.05, 3.63) is 69.5 Å². The van der Waals surface area contributed by atoms with Crippen molar-refractivity contribution in [3.8, 4) is 0 Å². The minimum Gasteiger partial charge on any atom is -0.462 e. The van der Waals surface area contributed by atoms with E-state index in [1.165, 1.54) is 9.80 Å². The molecule has 0 unspecified atom stereocenters. The Balaban J connectivity index is 1.58. The molecule has 8 nitrogen and oxygen atoms in total. The molecule has 0 atom stereocenters. The monoisotopic (exact) mass is 558 g/mol. The highest BCUT2D eigenvalue weighted by molar-refractivity contribution is 8.30. The molecule has 0 aliphatic carbocycles. The number of carbonyl (C=O) groups is 4. The smallest absolute Gasteiger partial charge is 0.338 e.